The summed E-state index contributed by atoms with van der Waals surface area (Å²) < 4.78 is 4.73. The van der Waals surface area contributed by atoms with Gasteiger partial charge in [-0.2, -0.15) is 0 Å². The maximum Gasteiger partial charge on any atom is 0.303 e. The van der Waals surface area contributed by atoms with Gasteiger partial charge in [0.2, 0.25) is 0 Å². The number of esters is 1. The van der Waals surface area contributed by atoms with Gasteiger partial charge >= 0.3 is 5.97 Å². The van der Waals surface area contributed by atoms with Crippen molar-refractivity contribution in [1.29, 1.82) is 0 Å². The zero-order chi connectivity index (χ0) is 13.7. The van der Waals surface area contributed by atoms with E-state index in [9.17, 15) is 9.59 Å². The molecular weight excluding hydrogens is 280 g/mol. The van der Waals surface area contributed by atoms with Crippen LogP contribution in [0.1, 0.15) is 21.5 Å². The molecule has 0 bridgehead atoms. The molecule has 2 rings (SSSR count). The molecule has 2 aromatic heterocycles. The van der Waals surface area contributed by atoms with Gasteiger partial charge in [-0.05, 0) is 24.3 Å². The van der Waals surface area contributed by atoms with Gasteiger partial charge in [-0.15, -0.1) is 22.7 Å². The van der Waals surface area contributed by atoms with Gasteiger partial charge < -0.3 is 4.74 Å². The lowest BCUT2D eigenvalue weighted by Gasteiger charge is -1.90. The van der Waals surface area contributed by atoms with E-state index in [4.69, 9.17) is 4.74 Å². The second-order valence-electron chi connectivity index (χ2n) is 3.57. The topological polar surface area (TPSA) is 43.4 Å². The van der Waals surface area contributed by atoms with Gasteiger partial charge in [-0.25, -0.2) is 0 Å². The van der Waals surface area contributed by atoms with E-state index in [-0.39, 0.29) is 12.6 Å². The summed E-state index contributed by atoms with van der Waals surface area (Å²) in [6.07, 6.45) is 0.849. The minimum Gasteiger partial charge on any atom is -0.453 e. The van der Waals surface area contributed by atoms with Gasteiger partial charge in [0.15, 0.2) is 12.9 Å². The van der Waals surface area contributed by atoms with Gasteiger partial charge in [0.1, 0.15) is 0 Å². The van der Waals surface area contributed by atoms with Crippen molar-refractivity contribution in [1.82, 2.24) is 0 Å². The maximum absolute atomic E-state index is 10.6. The summed E-state index contributed by atoms with van der Waals surface area (Å²) in [6, 6.07) is 7.62. The molecular formula is C14H10O3S2. The maximum atomic E-state index is 10.6. The molecule has 0 radical (unpaired) electrons. The minimum absolute atomic E-state index is 0.108. The van der Waals surface area contributed by atoms with E-state index < -0.39 is 0 Å². The largest absolute Gasteiger partial charge is 0.453 e. The lowest BCUT2D eigenvalue weighted by Crippen LogP contribution is -1.97. The molecule has 19 heavy (non-hydrogen) atoms. The van der Waals surface area contributed by atoms with E-state index in [1.807, 2.05) is 18.2 Å². The minimum atomic E-state index is -0.332. The molecule has 2 heterocycles. The normalized spacial score (nSPS) is 9.53. The molecule has 0 unspecified atom stereocenters. The predicted molar refractivity (Wildman–Crippen MR) is 76.5 cm³/mol. The van der Waals surface area contributed by atoms with Crippen molar-refractivity contribution in [2.75, 3.05) is 6.61 Å². The highest BCUT2D eigenvalue weighted by Gasteiger charge is 2.04. The van der Waals surface area contributed by atoms with Crippen LogP contribution in [0.25, 0.3) is 9.75 Å². The van der Waals surface area contributed by atoms with Crippen LogP contribution in [0.2, 0.25) is 0 Å². The fourth-order valence-corrected chi connectivity index (χ4v) is 3.14. The van der Waals surface area contributed by atoms with Crippen molar-refractivity contribution in [3.63, 3.8) is 0 Å². The van der Waals surface area contributed by atoms with Crippen LogP contribution in [0.15, 0.2) is 24.3 Å². The highest BCUT2D eigenvalue weighted by molar-refractivity contribution is 7.23. The first-order chi connectivity index (χ1) is 9.19. The Bertz CT molecular complexity index is 656. The fraction of sp³-hybridized carbons (Fsp3) is 0.143. The monoisotopic (exact) mass is 290 g/mol. The molecule has 0 fully saturated rings. The SMILES string of the molecule is CC(=O)OCC#Cc1ccc(-c2ccc(C=O)s2)s1. The number of hydrogen-bond donors (Lipinski definition) is 0. The first kappa shape index (κ1) is 13.5. The van der Waals surface area contributed by atoms with E-state index in [1.54, 1.807) is 17.4 Å². The standard InChI is InChI=1S/C14H10O3S2/c1-10(16)17-8-2-3-11-4-6-13(18-11)14-7-5-12(9-15)19-14/h4-7,9H,8H2,1H3. The molecule has 0 spiro atoms. The molecule has 5 heteroatoms. The number of rotatable bonds is 3. The van der Waals surface area contributed by atoms with Gasteiger partial charge in [-0.3, -0.25) is 9.59 Å². The molecule has 0 aliphatic rings. The summed E-state index contributed by atoms with van der Waals surface area (Å²) in [6.45, 7) is 1.46. The number of carbonyl (C=O) groups excluding carboxylic acids is 2. The number of ether oxygens (including phenoxy) is 1. The Morgan fingerprint density at radius 3 is 2.68 bits per heavy atom. The smallest absolute Gasteiger partial charge is 0.303 e. The number of thiophene rings is 2. The van der Waals surface area contributed by atoms with Crippen molar-refractivity contribution in [3.05, 3.63) is 34.0 Å². The Morgan fingerprint density at radius 2 is 2.00 bits per heavy atom. The van der Waals surface area contributed by atoms with Crippen LogP contribution in [0, 0.1) is 11.8 Å². The van der Waals surface area contributed by atoms with Crippen LogP contribution < -0.4 is 0 Å². The third-order valence-electron chi connectivity index (χ3n) is 2.15. The number of aldehydes is 1. The van der Waals surface area contributed by atoms with Crippen LogP contribution in [0.3, 0.4) is 0 Å². The quantitative estimate of drug-likeness (QED) is 0.495. The summed E-state index contributed by atoms with van der Waals surface area (Å²) in [5.41, 5.74) is 0. The van der Waals surface area contributed by atoms with E-state index >= 15 is 0 Å². The highest BCUT2D eigenvalue weighted by atomic mass is 32.1. The van der Waals surface area contributed by atoms with E-state index in [0.29, 0.717) is 4.88 Å². The molecule has 0 aliphatic heterocycles. The Kier molecular flexibility index (Phi) is 4.50. The van der Waals surface area contributed by atoms with Crippen LogP contribution in [-0.4, -0.2) is 18.9 Å². The number of hydrogen-bond acceptors (Lipinski definition) is 5. The van der Waals surface area contributed by atoms with E-state index in [1.165, 1.54) is 18.3 Å². The Morgan fingerprint density at radius 1 is 1.26 bits per heavy atom. The van der Waals surface area contributed by atoms with Crippen molar-refractivity contribution in [2.45, 2.75) is 6.92 Å². The summed E-state index contributed by atoms with van der Waals surface area (Å²) in [5.74, 6) is 5.38. The fourth-order valence-electron chi connectivity index (χ4n) is 1.35. The van der Waals surface area contributed by atoms with Crippen molar-refractivity contribution in [3.8, 4) is 21.6 Å². The Balaban J connectivity index is 2.06. The third-order valence-corrected chi connectivity index (χ3v) is 4.36. The van der Waals surface area contributed by atoms with Crippen LogP contribution in [0.4, 0.5) is 0 Å². The summed E-state index contributed by atoms with van der Waals surface area (Å²) in [7, 11) is 0. The third kappa shape index (κ3) is 3.78. The zero-order valence-corrected chi connectivity index (χ0v) is 11.8. The molecule has 96 valence electrons. The predicted octanol–water partition coefficient (Wildman–Crippen LogP) is 3.20. The summed E-state index contributed by atoms with van der Waals surface area (Å²) in [4.78, 5) is 25.0. The highest BCUT2D eigenvalue weighted by Crippen LogP contribution is 2.32. The zero-order valence-electron chi connectivity index (χ0n) is 10.1. The van der Waals surface area contributed by atoms with Crippen molar-refractivity contribution >= 4 is 34.9 Å². The lowest BCUT2D eigenvalue weighted by molar-refractivity contribution is -0.139. The molecule has 0 amide bonds. The molecule has 0 saturated carbocycles. The van der Waals surface area contributed by atoms with Gasteiger partial charge in [0, 0.05) is 16.7 Å². The van der Waals surface area contributed by atoms with Crippen LogP contribution in [-0.2, 0) is 9.53 Å². The average molecular weight is 290 g/mol. The first-order valence-electron chi connectivity index (χ1n) is 5.46. The molecule has 2 aromatic rings. The molecule has 0 atom stereocenters. The second-order valence-corrected chi connectivity index (χ2v) is 5.76. The van der Waals surface area contributed by atoms with Gasteiger partial charge in [0.25, 0.3) is 0 Å². The van der Waals surface area contributed by atoms with Crippen LogP contribution in [0.5, 0.6) is 0 Å². The lowest BCUT2D eigenvalue weighted by atomic mass is 10.3. The molecule has 0 aromatic carbocycles. The van der Waals surface area contributed by atoms with Gasteiger partial charge in [0.05, 0.1) is 9.75 Å². The molecule has 0 aliphatic carbocycles. The van der Waals surface area contributed by atoms with E-state index in [2.05, 4.69) is 11.8 Å². The average Bonchev–Trinajstić information content (AvgIpc) is 3.02. The number of carbonyl (C=O) groups is 2. The van der Waals surface area contributed by atoms with Crippen molar-refractivity contribution < 1.29 is 14.3 Å². The summed E-state index contributed by atoms with van der Waals surface area (Å²) >= 11 is 3.01. The molecule has 0 saturated heterocycles. The van der Waals surface area contributed by atoms with E-state index in [0.717, 1.165) is 20.9 Å². The second kappa shape index (κ2) is 6.32. The molecule has 3 nitrogen and oxygen atoms in total. The molecule has 0 N–H and O–H groups in total. The van der Waals surface area contributed by atoms with Gasteiger partial charge in [-0.1, -0.05) is 11.8 Å². The first-order valence-corrected chi connectivity index (χ1v) is 7.10. The summed E-state index contributed by atoms with van der Waals surface area (Å²) in [5, 5.41) is 0. The van der Waals surface area contributed by atoms with Crippen molar-refractivity contribution in [2.24, 2.45) is 0 Å². The Labute approximate surface area is 118 Å². The van der Waals surface area contributed by atoms with Crippen LogP contribution >= 0.6 is 22.7 Å². The Hall–Kier alpha value is -1.90.